The van der Waals surface area contributed by atoms with Crippen molar-refractivity contribution < 1.29 is 0 Å². The van der Waals surface area contributed by atoms with Gasteiger partial charge < -0.3 is 5.32 Å². The molecule has 0 saturated heterocycles. The Labute approximate surface area is 128 Å². The number of halogens is 2. The third-order valence-corrected chi connectivity index (χ3v) is 3.64. The van der Waals surface area contributed by atoms with Crippen molar-refractivity contribution in [1.29, 1.82) is 5.26 Å². The Balaban J connectivity index is 2.28. The van der Waals surface area contributed by atoms with E-state index in [-0.39, 0.29) is 0 Å². The molecule has 5 heteroatoms. The Morgan fingerprint density at radius 3 is 2.74 bits per heavy atom. The van der Waals surface area contributed by atoms with Gasteiger partial charge in [-0.15, -0.1) is 0 Å². The molecule has 1 unspecified atom stereocenters. The van der Waals surface area contributed by atoms with Crippen LogP contribution in [-0.2, 0) is 0 Å². The van der Waals surface area contributed by atoms with Crippen LogP contribution in [0, 0.1) is 18.3 Å². The second-order valence-corrected chi connectivity index (χ2v) is 5.87. The maximum Gasteiger partial charge on any atom is 0.158 e. The van der Waals surface area contributed by atoms with Crippen LogP contribution in [0.25, 0.3) is 0 Å². The molecule has 1 aromatic carbocycles. The maximum absolute atomic E-state index is 9.32. The first-order chi connectivity index (χ1) is 9.10. The number of benzene rings is 1. The fourth-order valence-corrected chi connectivity index (χ4v) is 2.92. The van der Waals surface area contributed by atoms with E-state index in [0.29, 0.717) is 5.69 Å². The SMILES string of the molecule is Cc1cccc(NC(C#N)c2ncc(Br)cc2Br)c1. The van der Waals surface area contributed by atoms with E-state index >= 15 is 0 Å². The summed E-state index contributed by atoms with van der Waals surface area (Å²) in [6, 6.07) is 11.5. The highest BCUT2D eigenvalue weighted by Gasteiger charge is 2.15. The first kappa shape index (κ1) is 14.0. The number of aromatic nitrogens is 1. The summed E-state index contributed by atoms with van der Waals surface area (Å²) < 4.78 is 1.67. The Kier molecular flexibility index (Phi) is 4.56. The minimum atomic E-state index is -0.496. The largest absolute Gasteiger partial charge is 0.365 e. The fraction of sp³-hybridized carbons (Fsp3) is 0.143. The van der Waals surface area contributed by atoms with Crippen molar-refractivity contribution in [3.63, 3.8) is 0 Å². The summed E-state index contributed by atoms with van der Waals surface area (Å²) in [5.74, 6) is 0. The van der Waals surface area contributed by atoms with Crippen LogP contribution in [0.1, 0.15) is 17.3 Å². The van der Waals surface area contributed by atoms with Crippen LogP contribution in [0.5, 0.6) is 0 Å². The standard InChI is InChI=1S/C14H11Br2N3/c1-9-3-2-4-11(5-9)19-13(7-17)14-12(16)6-10(15)8-18-14/h2-6,8,13,19H,1H3. The van der Waals surface area contributed by atoms with E-state index < -0.39 is 6.04 Å². The van der Waals surface area contributed by atoms with Gasteiger partial charge in [-0.1, -0.05) is 12.1 Å². The van der Waals surface area contributed by atoms with Crippen LogP contribution < -0.4 is 5.32 Å². The minimum Gasteiger partial charge on any atom is -0.365 e. The normalized spacial score (nSPS) is 11.7. The highest BCUT2D eigenvalue weighted by molar-refractivity contribution is 9.11. The summed E-state index contributed by atoms with van der Waals surface area (Å²) in [5.41, 5.74) is 2.72. The second kappa shape index (κ2) is 6.18. The van der Waals surface area contributed by atoms with Crippen molar-refractivity contribution in [3.8, 4) is 6.07 Å². The number of rotatable bonds is 3. The molecular weight excluding hydrogens is 370 g/mol. The van der Waals surface area contributed by atoms with Crippen molar-refractivity contribution in [2.45, 2.75) is 13.0 Å². The van der Waals surface area contributed by atoms with E-state index in [1.807, 2.05) is 37.3 Å². The van der Waals surface area contributed by atoms with Gasteiger partial charge in [-0.3, -0.25) is 4.98 Å². The van der Waals surface area contributed by atoms with E-state index in [9.17, 15) is 5.26 Å². The van der Waals surface area contributed by atoms with Gasteiger partial charge in [0.1, 0.15) is 0 Å². The Morgan fingerprint density at radius 1 is 1.32 bits per heavy atom. The molecule has 0 fully saturated rings. The molecule has 1 heterocycles. The van der Waals surface area contributed by atoms with Crippen LogP contribution in [-0.4, -0.2) is 4.98 Å². The number of pyridine rings is 1. The van der Waals surface area contributed by atoms with Gasteiger partial charge in [-0.2, -0.15) is 5.26 Å². The van der Waals surface area contributed by atoms with Gasteiger partial charge >= 0.3 is 0 Å². The molecule has 0 radical (unpaired) electrons. The average Bonchev–Trinajstić information content (AvgIpc) is 2.37. The molecule has 0 aliphatic carbocycles. The number of aryl methyl sites for hydroxylation is 1. The number of nitrogens with zero attached hydrogens (tertiary/aromatic N) is 2. The van der Waals surface area contributed by atoms with Crippen LogP contribution in [0.4, 0.5) is 5.69 Å². The Hall–Kier alpha value is -1.38. The lowest BCUT2D eigenvalue weighted by Gasteiger charge is -2.14. The predicted molar refractivity (Wildman–Crippen MR) is 82.8 cm³/mol. The van der Waals surface area contributed by atoms with Crippen LogP contribution >= 0.6 is 31.9 Å². The first-order valence-corrected chi connectivity index (χ1v) is 7.22. The summed E-state index contributed by atoms with van der Waals surface area (Å²) in [5, 5.41) is 12.5. The zero-order chi connectivity index (χ0) is 13.8. The molecule has 0 aliphatic heterocycles. The molecule has 1 N–H and O–H groups in total. The topological polar surface area (TPSA) is 48.7 Å². The van der Waals surface area contributed by atoms with Gasteiger partial charge in [-0.05, 0) is 62.5 Å². The van der Waals surface area contributed by atoms with Crippen molar-refractivity contribution >= 4 is 37.5 Å². The predicted octanol–water partition coefficient (Wildman–Crippen LogP) is 4.59. The summed E-state index contributed by atoms with van der Waals surface area (Å²) in [4.78, 5) is 4.29. The summed E-state index contributed by atoms with van der Waals surface area (Å²) in [6.07, 6.45) is 1.68. The molecule has 0 bridgehead atoms. The molecule has 96 valence electrons. The zero-order valence-electron chi connectivity index (χ0n) is 10.2. The van der Waals surface area contributed by atoms with Crippen LogP contribution in [0.3, 0.4) is 0 Å². The third kappa shape index (κ3) is 3.55. The molecular formula is C14H11Br2N3. The first-order valence-electron chi connectivity index (χ1n) is 5.64. The Morgan fingerprint density at radius 2 is 2.11 bits per heavy atom. The van der Waals surface area contributed by atoms with Gasteiger partial charge in [0.2, 0.25) is 0 Å². The monoisotopic (exact) mass is 379 g/mol. The van der Waals surface area contributed by atoms with Gasteiger partial charge in [0, 0.05) is 20.8 Å². The molecule has 0 saturated carbocycles. The molecule has 3 nitrogen and oxygen atoms in total. The van der Waals surface area contributed by atoms with E-state index in [2.05, 4.69) is 48.2 Å². The minimum absolute atomic E-state index is 0.496. The lowest BCUT2D eigenvalue weighted by molar-refractivity contribution is 0.922. The van der Waals surface area contributed by atoms with Gasteiger partial charge in [0.15, 0.2) is 6.04 Å². The molecule has 0 aliphatic rings. The van der Waals surface area contributed by atoms with Gasteiger partial charge in [0.25, 0.3) is 0 Å². The highest BCUT2D eigenvalue weighted by atomic mass is 79.9. The third-order valence-electron chi connectivity index (χ3n) is 2.57. The van der Waals surface area contributed by atoms with E-state index in [4.69, 9.17) is 0 Å². The number of nitriles is 1. The molecule has 1 aromatic heterocycles. The molecule has 2 aromatic rings. The average molecular weight is 381 g/mol. The number of hydrogen-bond donors (Lipinski definition) is 1. The van der Waals surface area contributed by atoms with E-state index in [1.165, 1.54) is 0 Å². The summed E-state index contributed by atoms with van der Waals surface area (Å²) >= 11 is 6.78. The number of hydrogen-bond acceptors (Lipinski definition) is 3. The quantitative estimate of drug-likeness (QED) is 0.846. The molecule has 2 rings (SSSR count). The number of anilines is 1. The molecule has 19 heavy (non-hydrogen) atoms. The van der Waals surface area contributed by atoms with Crippen LogP contribution in [0.15, 0.2) is 45.5 Å². The summed E-state index contributed by atoms with van der Waals surface area (Å²) in [7, 11) is 0. The van der Waals surface area contributed by atoms with Crippen molar-refractivity contribution in [2.24, 2.45) is 0 Å². The highest BCUT2D eigenvalue weighted by Crippen LogP contribution is 2.27. The molecule has 0 spiro atoms. The smallest absolute Gasteiger partial charge is 0.158 e. The van der Waals surface area contributed by atoms with Crippen molar-refractivity contribution in [1.82, 2.24) is 4.98 Å². The number of nitrogens with one attached hydrogen (secondary N) is 1. The van der Waals surface area contributed by atoms with Gasteiger partial charge in [0.05, 0.1) is 11.8 Å². The maximum atomic E-state index is 9.32. The van der Waals surface area contributed by atoms with Crippen molar-refractivity contribution in [2.75, 3.05) is 5.32 Å². The van der Waals surface area contributed by atoms with Crippen LogP contribution in [0.2, 0.25) is 0 Å². The summed E-state index contributed by atoms with van der Waals surface area (Å²) in [6.45, 7) is 2.01. The van der Waals surface area contributed by atoms with Gasteiger partial charge in [-0.25, -0.2) is 0 Å². The lowest BCUT2D eigenvalue weighted by Crippen LogP contribution is -2.11. The van der Waals surface area contributed by atoms with E-state index in [1.54, 1.807) is 6.20 Å². The zero-order valence-corrected chi connectivity index (χ0v) is 13.4. The Bertz CT molecular complexity index is 635. The van der Waals surface area contributed by atoms with E-state index in [0.717, 1.165) is 20.2 Å². The van der Waals surface area contributed by atoms with Crippen molar-refractivity contribution in [3.05, 3.63) is 56.7 Å². The molecule has 1 atom stereocenters. The fourth-order valence-electron chi connectivity index (χ4n) is 1.70. The molecule has 0 amide bonds. The second-order valence-electron chi connectivity index (χ2n) is 4.10. The lowest BCUT2D eigenvalue weighted by atomic mass is 10.1.